The third kappa shape index (κ3) is 97.9. The lowest BCUT2D eigenvalue weighted by atomic mass is 10.0. The molecule has 0 aromatic heterocycles. The number of esters is 2. The van der Waals surface area contributed by atoms with Crippen LogP contribution in [0.4, 0.5) is 0 Å². The summed E-state index contributed by atoms with van der Waals surface area (Å²) in [5.74, 6) is -1.38. The SMILES string of the molecule is CCCCCCCCCCCCCCCCCC(=O)OCCCCCCOC(=O)CCCCCCCCCCCCCCCCC.O=C(O)CCCCCCCCCCCCCCCCCCCCCCCCCCCCCCCCCCCCCCCCCCCCCCCCC(=O)O. The Hall–Kier alpha value is -2.12. The van der Waals surface area contributed by atoms with Gasteiger partial charge in [0.25, 0.3) is 0 Å². The molecule has 0 fully saturated rings. The van der Waals surface area contributed by atoms with Gasteiger partial charge in [0.1, 0.15) is 0 Å². The smallest absolute Gasteiger partial charge is 0.305 e. The molecule has 2 N–H and O–H groups in total. The number of carbonyl (C=O) groups excluding carboxylic acids is 2. The molecule has 0 saturated heterocycles. The van der Waals surface area contributed by atoms with Crippen LogP contribution in [0.3, 0.4) is 0 Å². The van der Waals surface area contributed by atoms with Crippen LogP contribution in [0, 0.1) is 0 Å². The van der Waals surface area contributed by atoms with Crippen LogP contribution >= 0.6 is 0 Å². The molecule has 0 radical (unpaired) electrons. The van der Waals surface area contributed by atoms with Gasteiger partial charge in [-0.2, -0.15) is 0 Å². The summed E-state index contributed by atoms with van der Waals surface area (Å²) in [7, 11) is 0. The fourth-order valence-corrected chi connectivity index (χ4v) is 14.7. The number of hydrogen-bond acceptors (Lipinski definition) is 6. The molecule has 0 amide bonds. The van der Waals surface area contributed by atoms with Gasteiger partial charge in [0.15, 0.2) is 0 Å². The van der Waals surface area contributed by atoms with Crippen LogP contribution in [-0.4, -0.2) is 47.3 Å². The minimum atomic E-state index is -0.650. The van der Waals surface area contributed by atoms with E-state index in [1.165, 1.54) is 437 Å². The van der Waals surface area contributed by atoms with Crippen LogP contribution in [-0.2, 0) is 28.7 Å². The first-order valence-electron chi connectivity index (χ1n) is 46.1. The number of rotatable bonds is 88. The van der Waals surface area contributed by atoms with Crippen molar-refractivity contribution in [2.45, 2.75) is 553 Å². The van der Waals surface area contributed by atoms with Crippen molar-refractivity contribution in [1.82, 2.24) is 0 Å². The number of carboxylic acids is 2. The molecule has 0 aliphatic rings. The van der Waals surface area contributed by atoms with Gasteiger partial charge in [-0.1, -0.05) is 476 Å². The van der Waals surface area contributed by atoms with Gasteiger partial charge in [-0.15, -0.1) is 0 Å². The van der Waals surface area contributed by atoms with E-state index in [4.69, 9.17) is 19.7 Å². The van der Waals surface area contributed by atoms with E-state index < -0.39 is 11.9 Å². The van der Waals surface area contributed by atoms with E-state index in [9.17, 15) is 19.2 Å². The molecule has 0 rings (SSSR count). The molecule has 0 atom stereocenters. The van der Waals surface area contributed by atoms with Crippen LogP contribution in [0.5, 0.6) is 0 Å². The Morgan fingerprint density at radius 1 is 0.160 bits per heavy atom. The molecule has 0 saturated carbocycles. The molecule has 0 spiro atoms. The summed E-state index contributed by atoms with van der Waals surface area (Å²) in [6.45, 7) is 5.61. The second kappa shape index (κ2) is 93.0. The maximum Gasteiger partial charge on any atom is 0.305 e. The van der Waals surface area contributed by atoms with Crippen LogP contribution in [0.1, 0.15) is 553 Å². The Balaban J connectivity index is 0. The zero-order chi connectivity index (χ0) is 72.5. The van der Waals surface area contributed by atoms with Gasteiger partial charge in [-0.3, -0.25) is 19.2 Å². The van der Waals surface area contributed by atoms with Crippen LogP contribution in [0.25, 0.3) is 0 Å². The third-order valence-electron chi connectivity index (χ3n) is 21.6. The molecule has 0 unspecified atom stereocenters. The van der Waals surface area contributed by atoms with Crippen molar-refractivity contribution in [3.8, 4) is 0 Å². The highest BCUT2D eigenvalue weighted by atomic mass is 16.5. The topological polar surface area (TPSA) is 127 Å². The minimum absolute atomic E-state index is 0.0394. The molecule has 0 heterocycles. The highest BCUT2D eigenvalue weighted by Gasteiger charge is 2.07. The lowest BCUT2D eigenvalue weighted by Gasteiger charge is -2.07. The molecule has 0 bridgehead atoms. The summed E-state index contributed by atoms with van der Waals surface area (Å²) in [4.78, 5) is 44.9. The standard InChI is InChI=1S/C50H98O4.C42H82O4/c51-49(52)47-45-43-41-39-37-35-33-31-29-27-25-23-21-19-17-15-13-11-9-7-5-3-1-2-4-6-8-10-12-14-16-18-20-22-24-26-28-30-32-34-36-38-40-42-44-46-48-50(53)54;1-3-5-7-9-11-13-15-17-19-21-23-25-27-29-33-37-41(43)45-39-35-31-32-36-40-46-42(44)38-34-30-28-26-24-22-20-18-16-14-12-10-8-6-4-2/h1-48H2,(H,51,52)(H,53,54);3-40H2,1-2H3. The molecule has 0 aromatic carbocycles. The number of hydrogen-bond donors (Lipinski definition) is 2. The molecule has 0 aromatic rings. The minimum Gasteiger partial charge on any atom is -0.481 e. The quantitative estimate of drug-likeness (QED) is 0.0455. The van der Waals surface area contributed by atoms with E-state index in [1.807, 2.05) is 0 Å². The molecule has 0 aliphatic heterocycles. The van der Waals surface area contributed by atoms with Gasteiger partial charge < -0.3 is 19.7 Å². The van der Waals surface area contributed by atoms with Crippen LogP contribution in [0.15, 0.2) is 0 Å². The molecule has 8 heteroatoms. The van der Waals surface area contributed by atoms with Gasteiger partial charge >= 0.3 is 23.9 Å². The first-order valence-corrected chi connectivity index (χ1v) is 46.1. The van der Waals surface area contributed by atoms with Crippen molar-refractivity contribution in [3.05, 3.63) is 0 Å². The second-order valence-electron chi connectivity index (χ2n) is 31.8. The van der Waals surface area contributed by atoms with Gasteiger partial charge in [0.05, 0.1) is 13.2 Å². The average Bonchev–Trinajstić information content (AvgIpc) is 3.83. The summed E-state index contributed by atoms with van der Waals surface area (Å²) in [6, 6.07) is 0. The van der Waals surface area contributed by atoms with Crippen LogP contribution in [0.2, 0.25) is 0 Å². The highest BCUT2D eigenvalue weighted by Crippen LogP contribution is 2.22. The normalized spacial score (nSPS) is 11.4. The Morgan fingerprint density at radius 2 is 0.270 bits per heavy atom. The van der Waals surface area contributed by atoms with E-state index in [2.05, 4.69) is 13.8 Å². The van der Waals surface area contributed by atoms with E-state index in [0.29, 0.717) is 38.9 Å². The Labute approximate surface area is 625 Å². The lowest BCUT2D eigenvalue weighted by molar-refractivity contribution is -0.145. The lowest BCUT2D eigenvalue weighted by Crippen LogP contribution is -2.07. The number of carboxylic acid groups (broad SMARTS) is 2. The van der Waals surface area contributed by atoms with Gasteiger partial charge in [-0.25, -0.2) is 0 Å². The zero-order valence-corrected chi connectivity index (χ0v) is 68.2. The first-order chi connectivity index (χ1) is 49.3. The predicted molar refractivity (Wildman–Crippen MR) is 436 cm³/mol. The van der Waals surface area contributed by atoms with E-state index in [0.717, 1.165) is 77.0 Å². The zero-order valence-electron chi connectivity index (χ0n) is 68.2. The Bertz CT molecular complexity index is 1440. The van der Waals surface area contributed by atoms with Crippen molar-refractivity contribution < 1.29 is 38.9 Å². The van der Waals surface area contributed by atoms with Crippen molar-refractivity contribution >= 4 is 23.9 Å². The van der Waals surface area contributed by atoms with E-state index in [-0.39, 0.29) is 11.9 Å². The highest BCUT2D eigenvalue weighted by molar-refractivity contribution is 5.69. The molecule has 0 aliphatic carbocycles. The number of ether oxygens (including phenoxy) is 2. The fraction of sp³-hybridized carbons (Fsp3) is 0.957. The summed E-state index contributed by atoms with van der Waals surface area (Å²) >= 11 is 0. The Kier molecular flexibility index (Phi) is 92.9. The number of unbranched alkanes of at least 4 members (excludes halogenated alkanes) is 76. The largest absolute Gasteiger partial charge is 0.481 e. The summed E-state index contributed by atoms with van der Waals surface area (Å²) in [6.07, 6.45) is 109. The molecule has 596 valence electrons. The average molecular weight is 1410 g/mol. The van der Waals surface area contributed by atoms with Crippen molar-refractivity contribution in [2.75, 3.05) is 13.2 Å². The third-order valence-corrected chi connectivity index (χ3v) is 21.6. The summed E-state index contributed by atoms with van der Waals surface area (Å²) in [5, 5.41) is 17.3. The monoisotopic (exact) mass is 1410 g/mol. The second-order valence-corrected chi connectivity index (χ2v) is 31.8. The van der Waals surface area contributed by atoms with Gasteiger partial charge in [0, 0.05) is 25.7 Å². The van der Waals surface area contributed by atoms with E-state index >= 15 is 0 Å². The van der Waals surface area contributed by atoms with Gasteiger partial charge in [-0.05, 0) is 51.4 Å². The predicted octanol–water partition coefficient (Wildman–Crippen LogP) is 32.0. The number of aliphatic carboxylic acids is 2. The summed E-state index contributed by atoms with van der Waals surface area (Å²) < 4.78 is 10.8. The molecular formula is C92H180O8. The fourth-order valence-electron chi connectivity index (χ4n) is 14.7. The van der Waals surface area contributed by atoms with E-state index in [1.54, 1.807) is 0 Å². The molecular weight excluding hydrogens is 1230 g/mol. The summed E-state index contributed by atoms with van der Waals surface area (Å²) in [5.41, 5.74) is 0. The van der Waals surface area contributed by atoms with Crippen molar-refractivity contribution in [2.24, 2.45) is 0 Å². The Morgan fingerprint density at radius 3 is 0.400 bits per heavy atom. The maximum atomic E-state index is 12.0. The van der Waals surface area contributed by atoms with Crippen molar-refractivity contribution in [1.29, 1.82) is 0 Å². The van der Waals surface area contributed by atoms with Gasteiger partial charge in [0.2, 0.25) is 0 Å². The molecule has 8 nitrogen and oxygen atoms in total. The first kappa shape index (κ1) is 99.9. The molecule has 100 heavy (non-hydrogen) atoms. The number of carbonyl (C=O) groups is 4. The van der Waals surface area contributed by atoms with Crippen LogP contribution < -0.4 is 0 Å². The van der Waals surface area contributed by atoms with Crippen molar-refractivity contribution in [3.63, 3.8) is 0 Å². The maximum absolute atomic E-state index is 12.0.